The van der Waals surface area contributed by atoms with Gasteiger partial charge in [0.1, 0.15) is 5.75 Å². The molecule has 1 heterocycles. The van der Waals surface area contributed by atoms with E-state index in [0.29, 0.717) is 11.3 Å². The van der Waals surface area contributed by atoms with Gasteiger partial charge < -0.3 is 15.4 Å². The summed E-state index contributed by atoms with van der Waals surface area (Å²) in [5, 5.41) is 13.4. The van der Waals surface area contributed by atoms with Gasteiger partial charge in [-0.1, -0.05) is 24.3 Å². The quantitative estimate of drug-likeness (QED) is 0.622. The summed E-state index contributed by atoms with van der Waals surface area (Å²) in [6.07, 6.45) is 1.67. The molecule has 1 aromatic heterocycles. The number of fused-ring (bicyclic) bond motifs is 1. The van der Waals surface area contributed by atoms with Gasteiger partial charge in [0.2, 0.25) is 0 Å². The van der Waals surface area contributed by atoms with Crippen molar-refractivity contribution in [3.63, 3.8) is 0 Å². The number of H-pyrrole nitrogens is 1. The lowest BCUT2D eigenvalue weighted by Crippen LogP contribution is -2.11. The zero-order valence-corrected chi connectivity index (χ0v) is 11.0. The van der Waals surface area contributed by atoms with Crippen molar-refractivity contribution in [2.45, 2.75) is 6.92 Å². The van der Waals surface area contributed by atoms with Crippen LogP contribution in [0, 0.1) is 6.92 Å². The maximum absolute atomic E-state index is 12.3. The highest BCUT2D eigenvalue weighted by Crippen LogP contribution is 2.25. The van der Waals surface area contributed by atoms with Crippen molar-refractivity contribution >= 4 is 22.5 Å². The largest absolute Gasteiger partial charge is 0.506 e. The number of hydrogen-bond acceptors (Lipinski definition) is 2. The number of carbonyl (C=O) groups is 1. The molecule has 3 aromatic rings. The number of carbonyl (C=O) groups excluding carboxylic acids is 1. The summed E-state index contributed by atoms with van der Waals surface area (Å²) in [5.74, 6) is -0.181. The van der Waals surface area contributed by atoms with Crippen molar-refractivity contribution in [3.05, 3.63) is 59.8 Å². The first kappa shape index (κ1) is 12.3. The Kier molecular flexibility index (Phi) is 2.91. The molecule has 0 aliphatic rings. The summed E-state index contributed by atoms with van der Waals surface area (Å²) < 4.78 is 0. The molecule has 0 aliphatic heterocycles. The normalized spacial score (nSPS) is 10.7. The first-order valence-electron chi connectivity index (χ1n) is 6.32. The zero-order chi connectivity index (χ0) is 14.1. The van der Waals surface area contributed by atoms with E-state index >= 15 is 0 Å². The van der Waals surface area contributed by atoms with E-state index in [2.05, 4.69) is 10.3 Å². The minimum atomic E-state index is -0.249. The number of hydrogen-bond donors (Lipinski definition) is 3. The number of benzene rings is 2. The van der Waals surface area contributed by atoms with Crippen LogP contribution in [-0.4, -0.2) is 16.0 Å². The van der Waals surface area contributed by atoms with Crippen LogP contribution < -0.4 is 5.32 Å². The predicted octanol–water partition coefficient (Wildman–Crippen LogP) is 3.43. The van der Waals surface area contributed by atoms with E-state index in [1.807, 2.05) is 37.3 Å². The van der Waals surface area contributed by atoms with Crippen molar-refractivity contribution in [3.8, 4) is 5.75 Å². The summed E-state index contributed by atoms with van der Waals surface area (Å²) in [4.78, 5) is 15.3. The van der Waals surface area contributed by atoms with Gasteiger partial charge in [-0.05, 0) is 30.7 Å². The van der Waals surface area contributed by atoms with Gasteiger partial charge in [-0.25, -0.2) is 0 Å². The van der Waals surface area contributed by atoms with Crippen LogP contribution in [0.2, 0.25) is 0 Å². The third-order valence-corrected chi connectivity index (χ3v) is 3.24. The van der Waals surface area contributed by atoms with Crippen molar-refractivity contribution in [2.24, 2.45) is 0 Å². The standard InChI is InChI=1S/C16H14N2O2/c1-10-6-7-14(15(19)8-10)18-16(20)12-9-17-13-5-3-2-4-11(12)13/h2-9,17,19H,1H3,(H,18,20). The maximum atomic E-state index is 12.3. The van der Waals surface area contributed by atoms with Gasteiger partial charge in [-0.15, -0.1) is 0 Å². The number of phenolic OH excluding ortho intramolecular Hbond substituents is 1. The number of rotatable bonds is 2. The number of aromatic nitrogens is 1. The third kappa shape index (κ3) is 2.12. The molecule has 4 nitrogen and oxygen atoms in total. The van der Waals surface area contributed by atoms with Crippen molar-refractivity contribution in [2.75, 3.05) is 5.32 Å². The lowest BCUT2D eigenvalue weighted by Gasteiger charge is -2.07. The Balaban J connectivity index is 1.93. The van der Waals surface area contributed by atoms with Crippen LogP contribution in [0.3, 0.4) is 0 Å². The summed E-state index contributed by atoms with van der Waals surface area (Å²) in [6, 6.07) is 12.7. The molecule has 0 radical (unpaired) electrons. The number of phenols is 1. The number of anilines is 1. The van der Waals surface area contributed by atoms with E-state index in [4.69, 9.17) is 0 Å². The van der Waals surface area contributed by atoms with Crippen LogP contribution in [0.1, 0.15) is 15.9 Å². The average molecular weight is 266 g/mol. The smallest absolute Gasteiger partial charge is 0.257 e. The van der Waals surface area contributed by atoms with E-state index < -0.39 is 0 Å². The maximum Gasteiger partial charge on any atom is 0.257 e. The molecule has 4 heteroatoms. The number of aryl methyl sites for hydroxylation is 1. The first-order chi connectivity index (χ1) is 9.65. The highest BCUT2D eigenvalue weighted by Gasteiger charge is 2.13. The number of aromatic hydroxyl groups is 1. The highest BCUT2D eigenvalue weighted by molar-refractivity contribution is 6.13. The molecule has 100 valence electrons. The molecular formula is C16H14N2O2. The Hall–Kier alpha value is -2.75. The van der Waals surface area contributed by atoms with Crippen LogP contribution in [0.15, 0.2) is 48.7 Å². The fourth-order valence-electron chi connectivity index (χ4n) is 2.20. The molecule has 0 bridgehead atoms. The Morgan fingerprint density at radius 3 is 2.80 bits per heavy atom. The number of aromatic amines is 1. The van der Waals surface area contributed by atoms with Crippen molar-refractivity contribution < 1.29 is 9.90 Å². The van der Waals surface area contributed by atoms with E-state index in [1.165, 1.54) is 0 Å². The lowest BCUT2D eigenvalue weighted by molar-refractivity contribution is 0.102. The average Bonchev–Trinajstić information content (AvgIpc) is 2.86. The molecule has 0 unspecified atom stereocenters. The van der Waals surface area contributed by atoms with Gasteiger partial charge in [-0.3, -0.25) is 4.79 Å². The molecule has 0 saturated heterocycles. The highest BCUT2D eigenvalue weighted by atomic mass is 16.3. The van der Waals surface area contributed by atoms with E-state index in [-0.39, 0.29) is 11.7 Å². The van der Waals surface area contributed by atoms with Crippen LogP contribution >= 0.6 is 0 Å². The minimum absolute atomic E-state index is 0.0678. The van der Waals surface area contributed by atoms with Crippen LogP contribution in [0.5, 0.6) is 5.75 Å². The van der Waals surface area contributed by atoms with E-state index in [0.717, 1.165) is 16.5 Å². The van der Waals surface area contributed by atoms with Crippen LogP contribution in [0.25, 0.3) is 10.9 Å². The Bertz CT molecular complexity index is 790. The summed E-state index contributed by atoms with van der Waals surface area (Å²) in [7, 11) is 0. The summed E-state index contributed by atoms with van der Waals surface area (Å²) in [5.41, 5.74) is 2.81. The zero-order valence-electron chi connectivity index (χ0n) is 11.0. The van der Waals surface area contributed by atoms with Crippen molar-refractivity contribution in [1.82, 2.24) is 4.98 Å². The summed E-state index contributed by atoms with van der Waals surface area (Å²) in [6.45, 7) is 1.88. The Morgan fingerprint density at radius 1 is 1.20 bits per heavy atom. The molecule has 0 fully saturated rings. The Morgan fingerprint density at radius 2 is 2.00 bits per heavy atom. The first-order valence-corrected chi connectivity index (χ1v) is 6.32. The molecule has 0 atom stereocenters. The van der Waals surface area contributed by atoms with Gasteiger partial charge in [0, 0.05) is 17.1 Å². The molecule has 0 spiro atoms. The molecule has 3 N–H and O–H groups in total. The third-order valence-electron chi connectivity index (χ3n) is 3.24. The molecular weight excluding hydrogens is 252 g/mol. The van der Waals surface area contributed by atoms with Gasteiger partial charge >= 0.3 is 0 Å². The monoisotopic (exact) mass is 266 g/mol. The summed E-state index contributed by atoms with van der Waals surface area (Å²) >= 11 is 0. The second-order valence-corrected chi connectivity index (χ2v) is 4.72. The predicted molar refractivity (Wildman–Crippen MR) is 79.1 cm³/mol. The second kappa shape index (κ2) is 4.74. The van der Waals surface area contributed by atoms with Crippen LogP contribution in [0.4, 0.5) is 5.69 Å². The Labute approximate surface area is 116 Å². The molecule has 0 saturated carbocycles. The van der Waals surface area contributed by atoms with Crippen LogP contribution in [-0.2, 0) is 0 Å². The van der Waals surface area contributed by atoms with Crippen molar-refractivity contribution in [1.29, 1.82) is 0 Å². The second-order valence-electron chi connectivity index (χ2n) is 4.72. The number of para-hydroxylation sites is 1. The fraction of sp³-hybridized carbons (Fsp3) is 0.0625. The number of amides is 1. The molecule has 0 aliphatic carbocycles. The topological polar surface area (TPSA) is 65.1 Å². The molecule has 3 rings (SSSR count). The molecule has 20 heavy (non-hydrogen) atoms. The molecule has 2 aromatic carbocycles. The van der Waals surface area contributed by atoms with Gasteiger partial charge in [0.05, 0.1) is 11.3 Å². The van der Waals surface area contributed by atoms with Gasteiger partial charge in [-0.2, -0.15) is 0 Å². The van der Waals surface area contributed by atoms with Gasteiger partial charge in [0.15, 0.2) is 0 Å². The molecule has 1 amide bonds. The number of nitrogens with one attached hydrogen (secondary N) is 2. The van der Waals surface area contributed by atoms with E-state index in [9.17, 15) is 9.90 Å². The fourth-order valence-corrected chi connectivity index (χ4v) is 2.20. The minimum Gasteiger partial charge on any atom is -0.506 e. The SMILES string of the molecule is Cc1ccc(NC(=O)c2c[nH]c3ccccc23)c(O)c1. The lowest BCUT2D eigenvalue weighted by atomic mass is 10.1. The van der Waals surface area contributed by atoms with Gasteiger partial charge in [0.25, 0.3) is 5.91 Å². The van der Waals surface area contributed by atoms with E-state index in [1.54, 1.807) is 18.3 Å².